The van der Waals surface area contributed by atoms with Crippen molar-refractivity contribution in [1.29, 1.82) is 0 Å². The summed E-state index contributed by atoms with van der Waals surface area (Å²) >= 11 is 0. The first-order chi connectivity index (χ1) is 13.1. The summed E-state index contributed by atoms with van der Waals surface area (Å²) in [4.78, 5) is 15.0. The Morgan fingerprint density at radius 2 is 1.79 bits per heavy atom. The number of benzene rings is 2. The van der Waals surface area contributed by atoms with Gasteiger partial charge in [-0.25, -0.2) is 0 Å². The number of anilines is 2. The third kappa shape index (κ3) is 3.32. The molecule has 0 saturated carbocycles. The molecule has 1 saturated heterocycles. The van der Waals surface area contributed by atoms with E-state index in [4.69, 9.17) is 0 Å². The number of carbonyl (C=O) groups excluding carboxylic acids is 1. The van der Waals surface area contributed by atoms with E-state index in [-0.39, 0.29) is 11.3 Å². The zero-order valence-corrected chi connectivity index (χ0v) is 18.0. The monoisotopic (exact) mass is 376 g/mol. The van der Waals surface area contributed by atoms with Gasteiger partial charge in [-0.3, -0.25) is 4.79 Å². The molecule has 2 aliphatic rings. The standard InChI is InChI=1S/C25H32N2O/c1-15-8-7-9-20-18-12-21(23(15)20)27(14-18)19-10-16(2)24(17(3)11-19)26-22(28)13-25(4,5)6/h7-11,18,21H,12-14H2,1-6H3,(H,26,28)/t18-,21-/m0/s1. The minimum Gasteiger partial charge on any atom is -0.364 e. The van der Waals surface area contributed by atoms with Crippen molar-refractivity contribution >= 4 is 17.3 Å². The second kappa shape index (κ2) is 6.65. The zero-order chi connectivity index (χ0) is 20.2. The van der Waals surface area contributed by atoms with Gasteiger partial charge in [0, 0.05) is 30.3 Å². The van der Waals surface area contributed by atoms with Gasteiger partial charge in [0.15, 0.2) is 0 Å². The average Bonchev–Trinajstić information content (AvgIpc) is 3.16. The molecule has 4 rings (SSSR count). The van der Waals surface area contributed by atoms with Crippen LogP contribution in [-0.2, 0) is 4.79 Å². The van der Waals surface area contributed by atoms with Gasteiger partial charge in [-0.15, -0.1) is 0 Å². The zero-order valence-electron chi connectivity index (χ0n) is 18.0. The van der Waals surface area contributed by atoms with Gasteiger partial charge >= 0.3 is 0 Å². The molecule has 0 spiro atoms. The molecule has 148 valence electrons. The fraction of sp³-hybridized carbons (Fsp3) is 0.480. The summed E-state index contributed by atoms with van der Waals surface area (Å²) in [6.45, 7) is 13.8. The Morgan fingerprint density at radius 3 is 2.43 bits per heavy atom. The van der Waals surface area contributed by atoms with E-state index in [0.717, 1.165) is 23.4 Å². The Kier molecular flexibility index (Phi) is 4.52. The molecule has 2 aromatic carbocycles. The number of fused-ring (bicyclic) bond motifs is 5. The van der Waals surface area contributed by atoms with E-state index in [0.29, 0.717) is 18.4 Å². The van der Waals surface area contributed by atoms with E-state index in [2.05, 4.69) is 82.1 Å². The van der Waals surface area contributed by atoms with E-state index < -0.39 is 0 Å². The topological polar surface area (TPSA) is 32.3 Å². The lowest BCUT2D eigenvalue weighted by atomic mass is 9.92. The summed E-state index contributed by atoms with van der Waals surface area (Å²) in [5.41, 5.74) is 9.04. The molecule has 1 aliphatic carbocycles. The van der Waals surface area contributed by atoms with Gasteiger partial charge in [0.25, 0.3) is 0 Å². The van der Waals surface area contributed by atoms with Crippen molar-refractivity contribution in [1.82, 2.24) is 0 Å². The molecule has 0 unspecified atom stereocenters. The quantitative estimate of drug-likeness (QED) is 0.709. The molecule has 1 heterocycles. The molecule has 3 nitrogen and oxygen atoms in total. The normalized spacial score (nSPS) is 20.4. The third-order valence-corrected chi connectivity index (χ3v) is 6.24. The molecule has 3 heteroatoms. The molecule has 0 radical (unpaired) electrons. The molecular formula is C25H32N2O. The van der Waals surface area contributed by atoms with Gasteiger partial charge in [0.2, 0.25) is 5.91 Å². The van der Waals surface area contributed by atoms with Crippen LogP contribution in [-0.4, -0.2) is 12.5 Å². The van der Waals surface area contributed by atoms with Crippen LogP contribution in [0.1, 0.15) is 73.4 Å². The van der Waals surface area contributed by atoms with Crippen LogP contribution in [0.25, 0.3) is 0 Å². The number of carbonyl (C=O) groups is 1. The second-order valence-electron chi connectivity index (χ2n) is 9.92. The molecule has 1 amide bonds. The van der Waals surface area contributed by atoms with Gasteiger partial charge in [0.1, 0.15) is 0 Å². The molecule has 2 atom stereocenters. The molecule has 2 bridgehead atoms. The van der Waals surface area contributed by atoms with E-state index in [1.807, 2.05) is 0 Å². The van der Waals surface area contributed by atoms with Crippen molar-refractivity contribution in [2.75, 3.05) is 16.8 Å². The highest BCUT2D eigenvalue weighted by Gasteiger charge is 2.43. The van der Waals surface area contributed by atoms with Gasteiger partial charge in [-0.05, 0) is 72.6 Å². The lowest BCUT2D eigenvalue weighted by Gasteiger charge is -2.33. The molecule has 0 aromatic heterocycles. The first kappa shape index (κ1) is 19.0. The largest absolute Gasteiger partial charge is 0.364 e. The summed E-state index contributed by atoms with van der Waals surface area (Å²) in [5.74, 6) is 0.739. The van der Waals surface area contributed by atoms with Crippen LogP contribution in [0, 0.1) is 26.2 Å². The number of hydrogen-bond acceptors (Lipinski definition) is 2. The van der Waals surface area contributed by atoms with E-state index in [9.17, 15) is 4.79 Å². The predicted molar refractivity (Wildman–Crippen MR) is 117 cm³/mol. The second-order valence-corrected chi connectivity index (χ2v) is 9.92. The van der Waals surface area contributed by atoms with Crippen LogP contribution in [0.2, 0.25) is 0 Å². The highest BCUT2D eigenvalue weighted by molar-refractivity contribution is 5.93. The van der Waals surface area contributed by atoms with E-state index in [1.165, 1.54) is 23.2 Å². The van der Waals surface area contributed by atoms with Crippen LogP contribution in [0.4, 0.5) is 11.4 Å². The maximum atomic E-state index is 12.4. The fourth-order valence-corrected chi connectivity index (χ4v) is 5.10. The van der Waals surface area contributed by atoms with Crippen LogP contribution in [0.3, 0.4) is 0 Å². The Hall–Kier alpha value is -2.29. The molecule has 1 fully saturated rings. The minimum atomic E-state index is -0.00806. The molecule has 2 aromatic rings. The van der Waals surface area contributed by atoms with Crippen molar-refractivity contribution in [3.8, 4) is 0 Å². The van der Waals surface area contributed by atoms with Crippen molar-refractivity contribution in [3.63, 3.8) is 0 Å². The first-order valence-corrected chi connectivity index (χ1v) is 10.4. The number of aryl methyl sites for hydroxylation is 3. The number of nitrogens with one attached hydrogen (secondary N) is 1. The lowest BCUT2D eigenvalue weighted by molar-refractivity contribution is -0.117. The van der Waals surface area contributed by atoms with Gasteiger partial charge < -0.3 is 10.2 Å². The number of amides is 1. The maximum absolute atomic E-state index is 12.4. The van der Waals surface area contributed by atoms with Crippen molar-refractivity contribution in [2.24, 2.45) is 5.41 Å². The van der Waals surface area contributed by atoms with Gasteiger partial charge in [-0.1, -0.05) is 39.0 Å². The number of hydrogen-bond donors (Lipinski definition) is 1. The third-order valence-electron chi connectivity index (χ3n) is 6.24. The summed E-state index contributed by atoms with van der Waals surface area (Å²) < 4.78 is 0. The Bertz CT molecular complexity index is 915. The van der Waals surface area contributed by atoms with Gasteiger partial charge in [-0.2, -0.15) is 0 Å². The maximum Gasteiger partial charge on any atom is 0.224 e. The molecule has 1 aliphatic heterocycles. The Balaban J connectivity index is 1.60. The Morgan fingerprint density at radius 1 is 1.11 bits per heavy atom. The summed E-state index contributed by atoms with van der Waals surface area (Å²) in [5, 5.41) is 3.15. The first-order valence-electron chi connectivity index (χ1n) is 10.4. The highest BCUT2D eigenvalue weighted by Crippen LogP contribution is 2.53. The average molecular weight is 377 g/mol. The van der Waals surface area contributed by atoms with Crippen molar-refractivity contribution < 1.29 is 4.79 Å². The van der Waals surface area contributed by atoms with E-state index >= 15 is 0 Å². The molecule has 28 heavy (non-hydrogen) atoms. The van der Waals surface area contributed by atoms with Crippen LogP contribution >= 0.6 is 0 Å². The minimum absolute atomic E-state index is 0.00806. The fourth-order valence-electron chi connectivity index (χ4n) is 5.10. The summed E-state index contributed by atoms with van der Waals surface area (Å²) in [7, 11) is 0. The Labute approximate surface area is 169 Å². The number of rotatable bonds is 3. The number of nitrogens with zero attached hydrogens (tertiary/aromatic N) is 1. The SMILES string of the molecule is Cc1cc(N2C[C@@H]3C[C@H]2c2c(C)cccc23)cc(C)c1NC(=O)CC(C)(C)C. The molecular weight excluding hydrogens is 344 g/mol. The van der Waals surface area contributed by atoms with Crippen molar-refractivity contribution in [3.05, 3.63) is 58.1 Å². The van der Waals surface area contributed by atoms with Gasteiger partial charge in [0.05, 0.1) is 6.04 Å². The van der Waals surface area contributed by atoms with Crippen LogP contribution in [0.15, 0.2) is 30.3 Å². The lowest BCUT2D eigenvalue weighted by Crippen LogP contribution is -2.28. The summed E-state index contributed by atoms with van der Waals surface area (Å²) in [6.07, 6.45) is 1.75. The molecule has 1 N–H and O–H groups in total. The summed E-state index contributed by atoms with van der Waals surface area (Å²) in [6, 6.07) is 11.7. The van der Waals surface area contributed by atoms with Crippen molar-refractivity contribution in [2.45, 2.75) is 66.3 Å². The van der Waals surface area contributed by atoms with E-state index in [1.54, 1.807) is 5.56 Å². The van der Waals surface area contributed by atoms with Crippen LogP contribution in [0.5, 0.6) is 0 Å². The predicted octanol–water partition coefficient (Wildman–Crippen LogP) is 6.04. The van der Waals surface area contributed by atoms with Crippen LogP contribution < -0.4 is 10.2 Å². The smallest absolute Gasteiger partial charge is 0.224 e. The highest BCUT2D eigenvalue weighted by atomic mass is 16.1.